The van der Waals surface area contributed by atoms with Crippen LogP contribution in [-0.4, -0.2) is 66.9 Å². The zero-order valence-electron chi connectivity index (χ0n) is 21.8. The zero-order chi connectivity index (χ0) is 29.8. The summed E-state index contributed by atoms with van der Waals surface area (Å²) < 4.78 is 61.9. The third-order valence-electron chi connectivity index (χ3n) is 5.89. The Kier molecular flexibility index (Phi) is 9.32. The number of thiazole rings is 1. The van der Waals surface area contributed by atoms with E-state index in [2.05, 4.69) is 26.6 Å². The molecule has 0 atom stereocenters. The monoisotopic (exact) mass is 636 g/mol. The molecule has 12 nitrogen and oxygen atoms in total. The van der Waals surface area contributed by atoms with Crippen LogP contribution in [0.2, 0.25) is 5.02 Å². The topological polar surface area (TPSA) is 168 Å². The van der Waals surface area contributed by atoms with Crippen LogP contribution >= 0.6 is 22.9 Å². The van der Waals surface area contributed by atoms with E-state index >= 15 is 0 Å². The third kappa shape index (κ3) is 7.82. The van der Waals surface area contributed by atoms with Gasteiger partial charge in [0.2, 0.25) is 0 Å². The number of nitriles is 1. The van der Waals surface area contributed by atoms with Gasteiger partial charge in [-0.25, -0.2) is 13.4 Å². The Bertz CT molecular complexity index is 1770. The number of nitrogens with one attached hydrogen (secondary N) is 1. The molecule has 2 N–H and O–H groups in total. The van der Waals surface area contributed by atoms with Gasteiger partial charge >= 0.3 is 0 Å². The number of sulfonamides is 1. The maximum absolute atomic E-state index is 12.7. The van der Waals surface area contributed by atoms with Crippen LogP contribution in [0.15, 0.2) is 64.4 Å². The number of halogens is 1. The van der Waals surface area contributed by atoms with Crippen LogP contribution in [0, 0.1) is 11.3 Å². The summed E-state index contributed by atoms with van der Waals surface area (Å²) >= 11 is 7.59. The Labute approximate surface area is 246 Å². The smallest absolute Gasteiger partial charge is 0.263 e. The molecule has 2 aromatic carbocycles. The molecule has 0 unspecified atom stereocenters. The molecular weight excluding hydrogens is 612 g/mol. The molecule has 0 spiro atoms. The Hall–Kier alpha value is -3.52. The molecule has 1 aliphatic heterocycles. The van der Waals surface area contributed by atoms with E-state index in [9.17, 15) is 22.1 Å². The van der Waals surface area contributed by atoms with Crippen molar-refractivity contribution >= 4 is 48.9 Å². The molecule has 3 heterocycles. The summed E-state index contributed by atoms with van der Waals surface area (Å²) in [5, 5.41) is 16.4. The molecule has 0 amide bonds. The lowest BCUT2D eigenvalue weighted by Gasteiger charge is -2.39. The van der Waals surface area contributed by atoms with E-state index < -0.39 is 20.1 Å². The highest BCUT2D eigenvalue weighted by Crippen LogP contribution is 2.38. The average molecular weight is 637 g/mol. The maximum atomic E-state index is 12.7. The van der Waals surface area contributed by atoms with E-state index in [1.807, 2.05) is 16.8 Å². The van der Waals surface area contributed by atoms with Gasteiger partial charge in [-0.15, -0.1) is 11.3 Å². The van der Waals surface area contributed by atoms with Crippen molar-refractivity contribution in [3.8, 4) is 28.8 Å². The van der Waals surface area contributed by atoms with E-state index in [1.165, 1.54) is 35.0 Å². The minimum Gasteiger partial charge on any atom is -0.455 e. The average Bonchev–Trinajstić information content (AvgIpc) is 3.56. The number of nitrogens with zero attached hydrogens (tertiary/aromatic N) is 5. The summed E-state index contributed by atoms with van der Waals surface area (Å²) in [7, 11) is -7.59. The number of likely N-dealkylation sites (N-methyl/N-ethyl adjacent to an activating group) is 1. The van der Waals surface area contributed by atoms with E-state index in [1.54, 1.807) is 29.8 Å². The molecule has 0 bridgehead atoms. The van der Waals surface area contributed by atoms with Crippen molar-refractivity contribution in [3.63, 3.8) is 0 Å². The lowest BCUT2D eigenvalue weighted by Crippen LogP contribution is -2.47. The van der Waals surface area contributed by atoms with Crippen molar-refractivity contribution in [2.24, 2.45) is 0 Å². The molecule has 0 radical (unpaired) electrons. The Morgan fingerprint density at radius 1 is 1.17 bits per heavy atom. The van der Waals surface area contributed by atoms with E-state index in [0.29, 0.717) is 17.0 Å². The van der Waals surface area contributed by atoms with Gasteiger partial charge in [0.15, 0.2) is 5.82 Å². The van der Waals surface area contributed by atoms with Crippen LogP contribution in [0.1, 0.15) is 18.5 Å². The Morgan fingerprint density at radius 3 is 2.51 bits per heavy atom. The van der Waals surface area contributed by atoms with Gasteiger partial charge < -0.3 is 4.74 Å². The molecule has 2 aromatic heterocycles. The van der Waals surface area contributed by atoms with Gasteiger partial charge in [0.05, 0.1) is 34.0 Å². The quantitative estimate of drug-likeness (QED) is 0.263. The molecule has 4 aromatic rings. The number of rotatable bonds is 8. The molecule has 1 saturated heterocycles. The van der Waals surface area contributed by atoms with Crippen molar-refractivity contribution in [2.75, 3.05) is 30.6 Å². The fourth-order valence-corrected chi connectivity index (χ4v) is 5.75. The first kappa shape index (κ1) is 30.4. The summed E-state index contributed by atoms with van der Waals surface area (Å²) in [6.07, 6.45) is 2.46. The summed E-state index contributed by atoms with van der Waals surface area (Å²) in [6.45, 7) is 4.93. The van der Waals surface area contributed by atoms with Gasteiger partial charge in [-0.2, -0.15) is 18.8 Å². The van der Waals surface area contributed by atoms with Crippen LogP contribution in [0.4, 0.5) is 5.82 Å². The summed E-state index contributed by atoms with van der Waals surface area (Å²) in [5.41, 5.74) is 3.16. The number of hydrogen-bond acceptors (Lipinski definition) is 10. The molecule has 0 aliphatic carbocycles. The van der Waals surface area contributed by atoms with Crippen LogP contribution in [-0.2, 0) is 20.1 Å². The largest absolute Gasteiger partial charge is 0.455 e. The lowest BCUT2D eigenvalue weighted by molar-refractivity contribution is 0.106. The highest BCUT2D eigenvalue weighted by molar-refractivity contribution is 7.92. The highest BCUT2D eigenvalue weighted by atomic mass is 35.5. The Balaban J connectivity index is 0.000000714. The van der Waals surface area contributed by atoms with E-state index in [-0.39, 0.29) is 28.1 Å². The fraction of sp³-hybridized carbons (Fsp3) is 0.240. The molecule has 16 heteroatoms. The predicted molar refractivity (Wildman–Crippen MR) is 155 cm³/mol. The second-order valence-electron chi connectivity index (χ2n) is 8.89. The van der Waals surface area contributed by atoms with Crippen molar-refractivity contribution in [1.82, 2.24) is 19.7 Å². The number of benzene rings is 2. The minimum atomic E-state index is -3.92. The number of aromatic nitrogens is 3. The first-order valence-electron chi connectivity index (χ1n) is 12.0. The van der Waals surface area contributed by atoms with Gasteiger partial charge in [-0.3, -0.25) is 18.9 Å². The second kappa shape index (κ2) is 12.6. The SMILES string of the molecule is CCN1CC(n2nccc2-c2cc(Cl)ccc2Oc2ccc(S(=O)(=O)Nc3cscn3)cc2C#N)C1.CS(=O)(=O)O. The van der Waals surface area contributed by atoms with Crippen LogP contribution in [0.5, 0.6) is 11.5 Å². The molecule has 1 fully saturated rings. The second-order valence-corrected chi connectivity index (χ2v) is 13.2. The predicted octanol–water partition coefficient (Wildman–Crippen LogP) is 4.51. The first-order valence-corrected chi connectivity index (χ1v) is 16.6. The third-order valence-corrected chi connectivity index (χ3v) is 8.07. The summed E-state index contributed by atoms with van der Waals surface area (Å²) in [6, 6.07) is 13.5. The van der Waals surface area contributed by atoms with Crippen LogP contribution in [0.3, 0.4) is 0 Å². The summed E-state index contributed by atoms with van der Waals surface area (Å²) in [4.78, 5) is 6.19. The summed E-state index contributed by atoms with van der Waals surface area (Å²) in [5.74, 6) is 0.913. The van der Waals surface area contributed by atoms with Gasteiger partial charge in [0.1, 0.15) is 17.6 Å². The standard InChI is InChI=1S/C24H21ClN6O3S2.CH4O3S/c1-2-30-12-18(13-30)31-21(7-8-28-31)20-10-17(25)3-5-23(20)34-22-6-4-19(9-16(22)11-26)36(32,33)29-24-14-35-15-27-24;1-5(2,3)4/h3-10,14-15,18,29H,2,12-13H2,1H3;1H3,(H,2,3,4). The molecular formula is C25H25ClN6O6S3. The van der Waals surface area contributed by atoms with Gasteiger partial charge in [0, 0.05) is 35.3 Å². The van der Waals surface area contributed by atoms with Crippen molar-refractivity contribution < 1.29 is 26.1 Å². The number of ether oxygens (including phenoxy) is 1. The normalized spacial score (nSPS) is 13.9. The Morgan fingerprint density at radius 2 is 1.88 bits per heavy atom. The van der Waals surface area contributed by atoms with Gasteiger partial charge in [-0.05, 0) is 49.0 Å². The van der Waals surface area contributed by atoms with Crippen molar-refractivity contribution in [3.05, 3.63) is 70.1 Å². The number of likely N-dealkylation sites (tertiary alicyclic amines) is 1. The maximum Gasteiger partial charge on any atom is 0.263 e. The van der Waals surface area contributed by atoms with Crippen molar-refractivity contribution in [2.45, 2.75) is 17.9 Å². The molecule has 41 heavy (non-hydrogen) atoms. The van der Waals surface area contributed by atoms with Gasteiger partial charge in [0.25, 0.3) is 20.1 Å². The van der Waals surface area contributed by atoms with E-state index in [4.69, 9.17) is 20.9 Å². The molecule has 0 saturated carbocycles. The minimum absolute atomic E-state index is 0.0701. The van der Waals surface area contributed by atoms with E-state index in [0.717, 1.165) is 30.9 Å². The van der Waals surface area contributed by atoms with Crippen LogP contribution in [0.25, 0.3) is 11.3 Å². The molecule has 216 valence electrons. The zero-order valence-corrected chi connectivity index (χ0v) is 25.0. The lowest BCUT2D eigenvalue weighted by atomic mass is 10.1. The highest BCUT2D eigenvalue weighted by Gasteiger charge is 2.29. The van der Waals surface area contributed by atoms with Gasteiger partial charge in [-0.1, -0.05) is 18.5 Å². The first-order chi connectivity index (χ1) is 19.4. The van der Waals surface area contributed by atoms with Crippen molar-refractivity contribution in [1.29, 1.82) is 5.26 Å². The van der Waals surface area contributed by atoms with Crippen LogP contribution < -0.4 is 9.46 Å². The molecule has 1 aliphatic rings. The molecule has 5 rings (SSSR count). The number of hydrogen-bond donors (Lipinski definition) is 2. The number of anilines is 1. The fourth-order valence-electron chi connectivity index (χ4n) is 4.00.